The minimum absolute atomic E-state index is 0. The lowest BCUT2D eigenvalue weighted by atomic mass is 10.1. The van der Waals surface area contributed by atoms with Crippen LogP contribution >= 0.6 is 12.4 Å². The molecule has 0 saturated heterocycles. The topological polar surface area (TPSA) is 41.1 Å². The SMILES string of the molecule is CCCNCCNC(=O)CCc1cccc(F)c1F.Cl. The Hall–Kier alpha value is -1.20. The van der Waals surface area contributed by atoms with Crippen LogP contribution in [0.25, 0.3) is 0 Å². The Morgan fingerprint density at radius 2 is 1.95 bits per heavy atom. The molecule has 0 spiro atoms. The summed E-state index contributed by atoms with van der Waals surface area (Å²) in [6.45, 7) is 4.25. The van der Waals surface area contributed by atoms with Gasteiger partial charge in [0.25, 0.3) is 0 Å². The predicted octanol–water partition coefficient (Wildman–Crippen LogP) is 2.44. The van der Waals surface area contributed by atoms with Crippen molar-refractivity contribution in [3.63, 3.8) is 0 Å². The monoisotopic (exact) mass is 306 g/mol. The summed E-state index contributed by atoms with van der Waals surface area (Å²) in [5.74, 6) is -1.89. The Bertz CT molecular complexity index is 416. The lowest BCUT2D eigenvalue weighted by molar-refractivity contribution is -0.121. The first-order chi connectivity index (χ1) is 9.15. The third-order valence-electron chi connectivity index (χ3n) is 2.70. The molecule has 0 unspecified atom stereocenters. The Labute approximate surface area is 124 Å². The van der Waals surface area contributed by atoms with Gasteiger partial charge in [0.15, 0.2) is 11.6 Å². The Kier molecular flexibility index (Phi) is 9.94. The molecule has 0 aliphatic carbocycles. The standard InChI is InChI=1S/C14H20F2N2O.ClH/c1-2-8-17-9-10-18-13(19)7-6-11-4-3-5-12(15)14(11)16;/h3-5,17H,2,6-10H2,1H3,(H,18,19);1H. The van der Waals surface area contributed by atoms with E-state index in [4.69, 9.17) is 0 Å². The zero-order valence-corrected chi connectivity index (χ0v) is 12.4. The van der Waals surface area contributed by atoms with Crippen LogP contribution in [-0.2, 0) is 11.2 Å². The maximum atomic E-state index is 13.3. The number of carbonyl (C=O) groups is 1. The lowest BCUT2D eigenvalue weighted by Gasteiger charge is -2.07. The van der Waals surface area contributed by atoms with Gasteiger partial charge in [-0.15, -0.1) is 12.4 Å². The van der Waals surface area contributed by atoms with Gasteiger partial charge in [-0.1, -0.05) is 19.1 Å². The molecule has 114 valence electrons. The molecule has 0 fully saturated rings. The molecule has 0 bridgehead atoms. The van der Waals surface area contributed by atoms with Crippen LogP contribution in [0.4, 0.5) is 8.78 Å². The third kappa shape index (κ3) is 6.82. The van der Waals surface area contributed by atoms with Crippen LogP contribution in [0.2, 0.25) is 0 Å². The molecule has 1 rings (SSSR count). The molecule has 6 heteroatoms. The molecular formula is C14H21ClF2N2O. The molecule has 0 saturated carbocycles. The first-order valence-corrected chi connectivity index (χ1v) is 6.55. The summed E-state index contributed by atoms with van der Waals surface area (Å²) < 4.78 is 26.3. The van der Waals surface area contributed by atoms with E-state index in [9.17, 15) is 13.6 Å². The van der Waals surface area contributed by atoms with E-state index < -0.39 is 11.6 Å². The van der Waals surface area contributed by atoms with Crippen molar-refractivity contribution in [3.8, 4) is 0 Å². The first kappa shape index (κ1) is 18.8. The van der Waals surface area contributed by atoms with Gasteiger partial charge in [0, 0.05) is 19.5 Å². The molecule has 2 N–H and O–H groups in total. The van der Waals surface area contributed by atoms with Crippen molar-refractivity contribution in [2.45, 2.75) is 26.2 Å². The Morgan fingerprint density at radius 1 is 1.20 bits per heavy atom. The van der Waals surface area contributed by atoms with Crippen LogP contribution in [0.3, 0.4) is 0 Å². The number of benzene rings is 1. The van der Waals surface area contributed by atoms with Crippen LogP contribution in [-0.4, -0.2) is 25.5 Å². The minimum Gasteiger partial charge on any atom is -0.355 e. The van der Waals surface area contributed by atoms with Gasteiger partial charge < -0.3 is 10.6 Å². The van der Waals surface area contributed by atoms with Gasteiger partial charge in [0.05, 0.1) is 0 Å². The van der Waals surface area contributed by atoms with E-state index >= 15 is 0 Å². The van der Waals surface area contributed by atoms with Crippen molar-refractivity contribution < 1.29 is 13.6 Å². The largest absolute Gasteiger partial charge is 0.355 e. The Balaban J connectivity index is 0.00000361. The van der Waals surface area contributed by atoms with Crippen molar-refractivity contribution >= 4 is 18.3 Å². The number of amides is 1. The molecule has 0 atom stereocenters. The number of rotatable bonds is 8. The van der Waals surface area contributed by atoms with Crippen molar-refractivity contribution in [2.24, 2.45) is 0 Å². The van der Waals surface area contributed by atoms with Crippen molar-refractivity contribution in [1.82, 2.24) is 10.6 Å². The second-order valence-electron chi connectivity index (χ2n) is 4.31. The van der Waals surface area contributed by atoms with E-state index in [2.05, 4.69) is 17.6 Å². The van der Waals surface area contributed by atoms with Crippen LogP contribution in [0.1, 0.15) is 25.3 Å². The van der Waals surface area contributed by atoms with E-state index in [1.807, 2.05) is 0 Å². The molecule has 0 aliphatic rings. The van der Waals surface area contributed by atoms with Crippen molar-refractivity contribution in [1.29, 1.82) is 0 Å². The smallest absolute Gasteiger partial charge is 0.220 e. The van der Waals surface area contributed by atoms with E-state index in [0.29, 0.717) is 13.1 Å². The molecule has 1 aromatic rings. The molecule has 1 aromatic carbocycles. The van der Waals surface area contributed by atoms with Crippen molar-refractivity contribution in [2.75, 3.05) is 19.6 Å². The molecule has 20 heavy (non-hydrogen) atoms. The number of aryl methyl sites for hydroxylation is 1. The van der Waals surface area contributed by atoms with E-state index in [1.165, 1.54) is 12.1 Å². The van der Waals surface area contributed by atoms with Crippen LogP contribution in [0.5, 0.6) is 0 Å². The summed E-state index contributed by atoms with van der Waals surface area (Å²) >= 11 is 0. The molecular weight excluding hydrogens is 286 g/mol. The third-order valence-corrected chi connectivity index (χ3v) is 2.70. The van der Waals surface area contributed by atoms with Crippen molar-refractivity contribution in [3.05, 3.63) is 35.4 Å². The normalized spacial score (nSPS) is 9.95. The Morgan fingerprint density at radius 3 is 2.65 bits per heavy atom. The average Bonchev–Trinajstić information content (AvgIpc) is 2.40. The zero-order valence-electron chi connectivity index (χ0n) is 11.5. The molecule has 0 aromatic heterocycles. The average molecular weight is 307 g/mol. The number of hydrogen-bond donors (Lipinski definition) is 2. The maximum absolute atomic E-state index is 13.3. The highest BCUT2D eigenvalue weighted by atomic mass is 35.5. The van der Waals surface area contributed by atoms with Gasteiger partial charge in [-0.05, 0) is 31.0 Å². The summed E-state index contributed by atoms with van der Waals surface area (Å²) in [7, 11) is 0. The van der Waals surface area contributed by atoms with Crippen LogP contribution in [0.15, 0.2) is 18.2 Å². The van der Waals surface area contributed by atoms with Gasteiger partial charge in [0.1, 0.15) is 0 Å². The fourth-order valence-electron chi connectivity index (χ4n) is 1.67. The predicted molar refractivity (Wildman–Crippen MR) is 78.1 cm³/mol. The second kappa shape index (κ2) is 10.6. The molecule has 0 heterocycles. The van der Waals surface area contributed by atoms with Gasteiger partial charge in [-0.3, -0.25) is 4.79 Å². The summed E-state index contributed by atoms with van der Waals surface area (Å²) in [4.78, 5) is 11.5. The van der Waals surface area contributed by atoms with Crippen LogP contribution < -0.4 is 10.6 Å². The quantitative estimate of drug-likeness (QED) is 0.724. The zero-order chi connectivity index (χ0) is 14.1. The van der Waals surface area contributed by atoms with Gasteiger partial charge in [0.2, 0.25) is 5.91 Å². The highest BCUT2D eigenvalue weighted by Crippen LogP contribution is 2.12. The maximum Gasteiger partial charge on any atom is 0.220 e. The summed E-state index contributed by atoms with van der Waals surface area (Å²) in [6.07, 6.45) is 1.42. The fourth-order valence-corrected chi connectivity index (χ4v) is 1.67. The van der Waals surface area contributed by atoms with Gasteiger partial charge in [-0.25, -0.2) is 8.78 Å². The van der Waals surface area contributed by atoms with E-state index in [0.717, 1.165) is 19.0 Å². The summed E-state index contributed by atoms with van der Waals surface area (Å²) in [5.41, 5.74) is 0.235. The fraction of sp³-hybridized carbons (Fsp3) is 0.500. The number of carbonyl (C=O) groups excluding carboxylic acids is 1. The number of hydrogen-bond acceptors (Lipinski definition) is 2. The molecule has 0 aliphatic heterocycles. The van der Waals surface area contributed by atoms with Gasteiger partial charge in [-0.2, -0.15) is 0 Å². The summed E-state index contributed by atoms with van der Waals surface area (Å²) in [5, 5.41) is 5.88. The number of nitrogens with one attached hydrogen (secondary N) is 2. The molecule has 0 radical (unpaired) electrons. The minimum atomic E-state index is -0.873. The number of halogens is 3. The molecule has 1 amide bonds. The van der Waals surface area contributed by atoms with E-state index in [-0.39, 0.29) is 36.7 Å². The van der Waals surface area contributed by atoms with Crippen LogP contribution in [0, 0.1) is 11.6 Å². The molecule has 3 nitrogen and oxygen atoms in total. The lowest BCUT2D eigenvalue weighted by Crippen LogP contribution is -2.32. The summed E-state index contributed by atoms with van der Waals surface area (Å²) in [6, 6.07) is 4.01. The van der Waals surface area contributed by atoms with Gasteiger partial charge >= 0.3 is 0 Å². The first-order valence-electron chi connectivity index (χ1n) is 6.55. The highest BCUT2D eigenvalue weighted by molar-refractivity contribution is 5.85. The second-order valence-corrected chi connectivity index (χ2v) is 4.31. The van der Waals surface area contributed by atoms with E-state index in [1.54, 1.807) is 0 Å². The highest BCUT2D eigenvalue weighted by Gasteiger charge is 2.09.